The van der Waals surface area contributed by atoms with Crippen LogP contribution in [0.4, 0.5) is 5.95 Å². The Bertz CT molecular complexity index is 1050. The van der Waals surface area contributed by atoms with Crippen LogP contribution in [0.2, 0.25) is 0 Å². The van der Waals surface area contributed by atoms with Crippen molar-refractivity contribution in [2.24, 2.45) is 5.11 Å². The molecule has 10 heteroatoms. The van der Waals surface area contributed by atoms with Crippen molar-refractivity contribution in [3.05, 3.63) is 48.1 Å². The third-order valence-corrected chi connectivity index (χ3v) is 4.06. The first-order valence-electron chi connectivity index (χ1n) is 8.97. The number of rotatable bonds is 8. The van der Waals surface area contributed by atoms with Crippen LogP contribution in [0.5, 0.6) is 5.75 Å². The average molecular weight is 396 g/mol. The van der Waals surface area contributed by atoms with E-state index in [1.54, 1.807) is 44.1 Å². The second kappa shape index (κ2) is 8.23. The van der Waals surface area contributed by atoms with E-state index < -0.39 is 5.60 Å². The summed E-state index contributed by atoms with van der Waals surface area (Å²) in [6, 6.07) is 7.27. The number of nitrogens with one attached hydrogen (secondary N) is 2. The Morgan fingerprint density at radius 2 is 2.17 bits per heavy atom. The Balaban J connectivity index is 1.83. The number of methoxy groups -OCH3 is 1. The molecule has 152 valence electrons. The fourth-order valence-corrected chi connectivity index (χ4v) is 2.89. The molecule has 5 N–H and O–H groups in total. The Kier molecular flexibility index (Phi) is 5.74. The minimum absolute atomic E-state index is 0.0666. The van der Waals surface area contributed by atoms with Crippen LogP contribution in [0.25, 0.3) is 16.6 Å². The fourth-order valence-electron chi connectivity index (χ4n) is 2.89. The first-order chi connectivity index (χ1) is 13.8. The Hall–Kier alpha value is -3.53. The van der Waals surface area contributed by atoms with E-state index in [1.165, 1.54) is 0 Å². The van der Waals surface area contributed by atoms with Crippen LogP contribution in [0.15, 0.2) is 41.8 Å². The van der Waals surface area contributed by atoms with Gasteiger partial charge in [-0.05, 0) is 26.0 Å². The van der Waals surface area contributed by atoms with Gasteiger partial charge in [0.1, 0.15) is 22.7 Å². The van der Waals surface area contributed by atoms with Gasteiger partial charge in [0.05, 0.1) is 31.5 Å². The molecule has 0 saturated carbocycles. The summed E-state index contributed by atoms with van der Waals surface area (Å²) in [4.78, 5) is 8.50. The summed E-state index contributed by atoms with van der Waals surface area (Å²) in [5.41, 5.74) is 14.6. The molecule has 29 heavy (non-hydrogen) atoms. The molecule has 0 aliphatic carbocycles. The van der Waals surface area contributed by atoms with Gasteiger partial charge in [-0.25, -0.2) is 15.5 Å². The number of nitrogens with two attached hydrogens (primary N) is 1. The SMILES string of the molecule is COc1cccc2c(/C(=C/NCc3ccn(CC(C)(C)O)n3)N=N)nc(N)nc12. The van der Waals surface area contributed by atoms with E-state index in [9.17, 15) is 5.11 Å². The number of hydrogen-bond acceptors (Lipinski definition) is 9. The molecule has 10 nitrogen and oxygen atoms in total. The van der Waals surface area contributed by atoms with Gasteiger partial charge in [-0.1, -0.05) is 12.1 Å². The summed E-state index contributed by atoms with van der Waals surface area (Å²) in [5.74, 6) is 0.629. The molecule has 1 aromatic carbocycles. The first kappa shape index (κ1) is 20.2. The van der Waals surface area contributed by atoms with Crippen molar-refractivity contribution in [2.45, 2.75) is 32.5 Å². The lowest BCUT2D eigenvalue weighted by Crippen LogP contribution is -2.26. The van der Waals surface area contributed by atoms with Crippen molar-refractivity contribution in [2.75, 3.05) is 12.8 Å². The molecule has 0 aliphatic heterocycles. The first-order valence-corrected chi connectivity index (χ1v) is 8.97. The maximum atomic E-state index is 9.88. The molecule has 0 bridgehead atoms. The zero-order valence-electron chi connectivity index (χ0n) is 16.5. The lowest BCUT2D eigenvalue weighted by Gasteiger charge is -2.16. The highest BCUT2D eigenvalue weighted by molar-refractivity contribution is 5.93. The van der Waals surface area contributed by atoms with E-state index in [2.05, 4.69) is 25.5 Å². The summed E-state index contributed by atoms with van der Waals surface area (Å²) in [7, 11) is 1.55. The van der Waals surface area contributed by atoms with Crippen LogP contribution in [0.3, 0.4) is 0 Å². The highest BCUT2D eigenvalue weighted by Gasteiger charge is 2.15. The summed E-state index contributed by atoms with van der Waals surface area (Å²) >= 11 is 0. The lowest BCUT2D eigenvalue weighted by atomic mass is 10.1. The third-order valence-electron chi connectivity index (χ3n) is 4.06. The minimum atomic E-state index is -0.844. The van der Waals surface area contributed by atoms with Gasteiger partial charge in [0.15, 0.2) is 0 Å². The van der Waals surface area contributed by atoms with Gasteiger partial charge in [-0.2, -0.15) is 10.2 Å². The molecule has 0 atom stereocenters. The van der Waals surface area contributed by atoms with Crippen LogP contribution in [0, 0.1) is 5.53 Å². The van der Waals surface area contributed by atoms with Gasteiger partial charge in [0.25, 0.3) is 0 Å². The Labute approximate surface area is 167 Å². The van der Waals surface area contributed by atoms with Gasteiger partial charge in [0.2, 0.25) is 5.95 Å². The minimum Gasteiger partial charge on any atom is -0.494 e. The van der Waals surface area contributed by atoms with Crippen LogP contribution in [-0.4, -0.2) is 37.6 Å². The molecule has 0 saturated heterocycles. The van der Waals surface area contributed by atoms with Crippen molar-refractivity contribution in [1.29, 1.82) is 5.53 Å². The monoisotopic (exact) mass is 396 g/mol. The predicted molar refractivity (Wildman–Crippen MR) is 109 cm³/mol. The number of nitrogens with zero attached hydrogens (tertiary/aromatic N) is 5. The molecule has 3 rings (SSSR count). The maximum Gasteiger partial charge on any atom is 0.221 e. The van der Waals surface area contributed by atoms with Crippen molar-refractivity contribution >= 4 is 22.5 Å². The molecule has 0 amide bonds. The van der Waals surface area contributed by atoms with Gasteiger partial charge >= 0.3 is 0 Å². The molecule has 2 aromatic heterocycles. The Morgan fingerprint density at radius 3 is 2.86 bits per heavy atom. The summed E-state index contributed by atoms with van der Waals surface area (Å²) < 4.78 is 7.02. The molecule has 0 unspecified atom stereocenters. The number of aliphatic hydroxyl groups is 1. The number of fused-ring (bicyclic) bond motifs is 1. The predicted octanol–water partition coefficient (Wildman–Crippen LogP) is 2.31. The van der Waals surface area contributed by atoms with Crippen LogP contribution < -0.4 is 15.8 Å². The highest BCUT2D eigenvalue weighted by atomic mass is 16.5. The summed E-state index contributed by atoms with van der Waals surface area (Å²) in [5, 5.41) is 21.7. The van der Waals surface area contributed by atoms with Crippen LogP contribution in [-0.2, 0) is 13.1 Å². The smallest absolute Gasteiger partial charge is 0.221 e. The normalized spacial score (nSPS) is 12.2. The highest BCUT2D eigenvalue weighted by Crippen LogP contribution is 2.29. The second-order valence-corrected chi connectivity index (χ2v) is 7.13. The zero-order valence-corrected chi connectivity index (χ0v) is 16.5. The molecule has 0 aliphatic rings. The van der Waals surface area contributed by atoms with Crippen LogP contribution >= 0.6 is 0 Å². The van der Waals surface area contributed by atoms with Gasteiger partial charge in [-0.3, -0.25) is 4.68 Å². The van der Waals surface area contributed by atoms with Crippen LogP contribution in [0.1, 0.15) is 25.2 Å². The topological polar surface area (TPSA) is 147 Å². The van der Waals surface area contributed by atoms with E-state index in [1.807, 2.05) is 18.2 Å². The number of para-hydroxylation sites is 1. The summed E-state index contributed by atoms with van der Waals surface area (Å²) in [6.45, 7) is 4.26. The van der Waals surface area contributed by atoms with Crippen molar-refractivity contribution in [3.8, 4) is 5.75 Å². The molecular formula is C19H24N8O2. The quantitative estimate of drug-likeness (QED) is 0.427. The second-order valence-electron chi connectivity index (χ2n) is 7.13. The van der Waals surface area contributed by atoms with E-state index in [-0.39, 0.29) is 5.95 Å². The molecule has 0 radical (unpaired) electrons. The van der Waals surface area contributed by atoms with E-state index in [0.717, 1.165) is 5.69 Å². The molecule has 2 heterocycles. The Morgan fingerprint density at radius 1 is 1.38 bits per heavy atom. The van der Waals surface area contributed by atoms with Gasteiger partial charge < -0.3 is 20.9 Å². The number of anilines is 1. The van der Waals surface area contributed by atoms with Gasteiger partial charge in [-0.15, -0.1) is 0 Å². The number of aromatic nitrogens is 4. The zero-order chi connectivity index (χ0) is 21.0. The maximum absolute atomic E-state index is 9.88. The van der Waals surface area contributed by atoms with Crippen molar-refractivity contribution in [1.82, 2.24) is 25.1 Å². The van der Waals surface area contributed by atoms with Crippen molar-refractivity contribution < 1.29 is 9.84 Å². The number of nitrogen functional groups attached to an aromatic ring is 1. The molecule has 3 aromatic rings. The lowest BCUT2D eigenvalue weighted by molar-refractivity contribution is 0.0576. The number of benzene rings is 1. The third kappa shape index (κ3) is 4.85. The summed E-state index contributed by atoms with van der Waals surface area (Å²) in [6.07, 6.45) is 3.39. The van der Waals surface area contributed by atoms with Gasteiger partial charge in [0, 0.05) is 17.8 Å². The van der Waals surface area contributed by atoms with Crippen molar-refractivity contribution in [3.63, 3.8) is 0 Å². The average Bonchev–Trinajstić information content (AvgIpc) is 3.09. The van der Waals surface area contributed by atoms with E-state index in [4.69, 9.17) is 16.0 Å². The standard InChI is InChI=1S/C19H24N8O2/c1-19(2,28)11-27-8-7-12(26-27)9-22-10-14(25-21)16-13-5-4-6-15(29-3)17(13)24-18(20)23-16/h4-8,10,21-22,28H,9,11H2,1-3H3,(H2,20,23,24)/b14-10-,25-21?. The molecule has 0 spiro atoms. The number of hydrogen-bond donors (Lipinski definition) is 4. The fraction of sp³-hybridized carbons (Fsp3) is 0.316. The molecular weight excluding hydrogens is 372 g/mol. The van der Waals surface area contributed by atoms with E-state index >= 15 is 0 Å². The largest absolute Gasteiger partial charge is 0.494 e. The van der Waals surface area contributed by atoms with E-state index in [0.29, 0.717) is 41.1 Å². The number of ether oxygens (including phenoxy) is 1. The molecule has 0 fully saturated rings.